The number of aliphatic hydroxyl groups excluding tert-OH is 1. The molecule has 0 saturated carbocycles. The van der Waals surface area contributed by atoms with Gasteiger partial charge in [-0.2, -0.15) is 5.26 Å². The van der Waals surface area contributed by atoms with Gasteiger partial charge < -0.3 is 52.2 Å². The normalized spacial score (nSPS) is 17.9. The van der Waals surface area contributed by atoms with Crippen LogP contribution in [0.25, 0.3) is 11.1 Å². The van der Waals surface area contributed by atoms with Crippen molar-refractivity contribution >= 4 is 40.6 Å². The molecule has 0 unspecified atom stereocenters. The number of nitrogens with zero attached hydrogens (tertiary/aromatic N) is 2. The van der Waals surface area contributed by atoms with E-state index < -0.39 is 53.2 Å². The minimum Gasteiger partial charge on any atom is -0.492 e. The van der Waals surface area contributed by atoms with Gasteiger partial charge >= 0.3 is 5.37 Å². The maximum Gasteiger partial charge on any atom is 0.314 e. The van der Waals surface area contributed by atoms with E-state index >= 15 is 0 Å². The lowest BCUT2D eigenvalue weighted by Gasteiger charge is -2.32. The summed E-state index contributed by atoms with van der Waals surface area (Å²) in [6.45, 7) is 1.54. The van der Waals surface area contributed by atoms with E-state index in [2.05, 4.69) is 21.3 Å². The van der Waals surface area contributed by atoms with Gasteiger partial charge in [-0.05, 0) is 66.8 Å². The molecular weight excluding hydrogens is 672 g/mol. The standard InChI is InChI=1S/C33H43ClN8O8/c1-19-29(44)40-25(30(45)38-12-9-35)17-20-5-7-26(49-14-10-36)22(16-20)23-18-21(6-8-27(23)50-15-11-37)28(31(46)39-19)42(2)32(47)24(4-3-13-43)41-33(34)48/h5-8,16,18-19,24-25,28,43H,3-4,10-15,17,36-37H2,1-2H3,(H,38,45)(H,39,46)(H,40,44)(H,41,48)/t19-,24-,25-,28-/m0/s1. The number of halogens is 1. The Hall–Kier alpha value is -4.95. The van der Waals surface area contributed by atoms with Crippen LogP contribution in [0.3, 0.4) is 0 Å². The number of nitrogens with one attached hydrogen (secondary N) is 4. The molecular formula is C33H43ClN8O8. The summed E-state index contributed by atoms with van der Waals surface area (Å²) < 4.78 is 12.0. The molecule has 50 heavy (non-hydrogen) atoms. The lowest BCUT2D eigenvalue weighted by atomic mass is 9.93. The van der Waals surface area contributed by atoms with Crippen molar-refractivity contribution < 1.29 is 38.6 Å². The van der Waals surface area contributed by atoms with Gasteiger partial charge in [-0.3, -0.25) is 24.0 Å². The highest BCUT2D eigenvalue weighted by Crippen LogP contribution is 2.40. The zero-order valence-corrected chi connectivity index (χ0v) is 28.6. The molecule has 0 aromatic heterocycles. The summed E-state index contributed by atoms with van der Waals surface area (Å²) in [5.74, 6) is -2.02. The number of carbonyl (C=O) groups is 5. The van der Waals surface area contributed by atoms with Crippen LogP contribution in [0.5, 0.6) is 11.5 Å². The van der Waals surface area contributed by atoms with Crippen LogP contribution in [0.1, 0.15) is 36.9 Å². The first-order valence-corrected chi connectivity index (χ1v) is 16.3. The van der Waals surface area contributed by atoms with Gasteiger partial charge in [0.15, 0.2) is 0 Å². The lowest BCUT2D eigenvalue weighted by molar-refractivity contribution is -0.141. The molecule has 9 N–H and O–H groups in total. The third-order valence-corrected chi connectivity index (χ3v) is 7.90. The summed E-state index contributed by atoms with van der Waals surface area (Å²) in [7, 11) is 1.36. The largest absolute Gasteiger partial charge is 0.492 e. The second-order valence-electron chi connectivity index (χ2n) is 11.4. The average Bonchev–Trinajstić information content (AvgIpc) is 3.09. The minimum absolute atomic E-state index is 0.00784. The van der Waals surface area contributed by atoms with E-state index in [4.69, 9.17) is 37.8 Å². The van der Waals surface area contributed by atoms with Crippen molar-refractivity contribution in [2.75, 3.05) is 46.5 Å². The first kappa shape index (κ1) is 39.5. The molecule has 2 aromatic carbocycles. The predicted octanol–water partition coefficient (Wildman–Crippen LogP) is -0.197. The van der Waals surface area contributed by atoms with Crippen LogP contribution in [0, 0.1) is 11.3 Å². The summed E-state index contributed by atoms with van der Waals surface area (Å²) in [5, 5.41) is 27.5. The van der Waals surface area contributed by atoms with Gasteiger partial charge in [-0.15, -0.1) is 0 Å². The number of likely N-dealkylation sites (N-methyl/N-ethyl adjacent to an activating group) is 1. The Labute approximate surface area is 294 Å². The maximum absolute atomic E-state index is 14.1. The number of amides is 5. The maximum atomic E-state index is 14.1. The second kappa shape index (κ2) is 19.3. The van der Waals surface area contributed by atoms with Crippen LogP contribution < -0.4 is 42.2 Å². The van der Waals surface area contributed by atoms with Crippen LogP contribution in [-0.2, 0) is 25.6 Å². The van der Waals surface area contributed by atoms with Crippen LogP contribution >= 0.6 is 11.6 Å². The van der Waals surface area contributed by atoms with Crippen LogP contribution in [0.15, 0.2) is 36.4 Å². The third-order valence-electron chi connectivity index (χ3n) is 7.79. The van der Waals surface area contributed by atoms with Crippen LogP contribution in [0.2, 0.25) is 0 Å². The topological polar surface area (TPSA) is 251 Å². The van der Waals surface area contributed by atoms with Gasteiger partial charge in [-0.1, -0.05) is 12.1 Å². The van der Waals surface area contributed by atoms with Gasteiger partial charge in [0.2, 0.25) is 23.6 Å². The molecule has 4 atom stereocenters. The Balaban J connectivity index is 2.30. The molecule has 1 aliphatic rings. The molecule has 0 fully saturated rings. The van der Waals surface area contributed by atoms with E-state index in [1.807, 2.05) is 6.07 Å². The summed E-state index contributed by atoms with van der Waals surface area (Å²) in [4.78, 5) is 67.4. The number of ether oxygens (including phenoxy) is 2. The molecule has 1 aliphatic heterocycles. The molecule has 0 radical (unpaired) electrons. The number of carbonyl (C=O) groups excluding carboxylic acids is 5. The van der Waals surface area contributed by atoms with Gasteiger partial charge in [0, 0.05) is 44.3 Å². The molecule has 1 heterocycles. The first-order chi connectivity index (χ1) is 23.9. The number of fused-ring (bicyclic) bond motifs is 5. The highest BCUT2D eigenvalue weighted by Gasteiger charge is 2.36. The van der Waals surface area contributed by atoms with E-state index in [-0.39, 0.29) is 58.7 Å². The van der Waals surface area contributed by atoms with Crippen molar-refractivity contribution in [1.29, 1.82) is 5.26 Å². The predicted molar refractivity (Wildman–Crippen MR) is 183 cm³/mol. The van der Waals surface area contributed by atoms with Crippen LogP contribution in [0.4, 0.5) is 4.79 Å². The molecule has 2 aromatic rings. The van der Waals surface area contributed by atoms with Crippen molar-refractivity contribution in [3.05, 3.63) is 47.5 Å². The number of aliphatic hydroxyl groups is 1. The number of hydrogen-bond donors (Lipinski definition) is 7. The number of hydrogen-bond acceptors (Lipinski definition) is 11. The van der Waals surface area contributed by atoms with E-state index in [1.165, 1.54) is 14.0 Å². The fourth-order valence-corrected chi connectivity index (χ4v) is 5.53. The summed E-state index contributed by atoms with van der Waals surface area (Å²) in [6, 6.07) is 6.93. The average molecular weight is 715 g/mol. The fourth-order valence-electron chi connectivity index (χ4n) is 5.40. The van der Waals surface area contributed by atoms with Gasteiger partial charge in [-0.25, -0.2) is 0 Å². The Morgan fingerprint density at radius 1 is 1.06 bits per heavy atom. The summed E-state index contributed by atoms with van der Waals surface area (Å²) >= 11 is 5.56. The van der Waals surface area contributed by atoms with Crippen LogP contribution in [-0.4, -0.2) is 104 Å². The smallest absolute Gasteiger partial charge is 0.314 e. The van der Waals surface area contributed by atoms with Crippen molar-refractivity contribution in [3.8, 4) is 28.7 Å². The monoisotopic (exact) mass is 714 g/mol. The SMILES string of the molecule is C[C@@H]1NC(=O)[C@@H](N(C)C(=O)[C@H](CCCO)NC(=O)Cl)c2ccc(OCCN)c(c2)-c2cc(ccc2OCCN)C[C@@H](C(=O)NCC#N)NC1=O. The summed E-state index contributed by atoms with van der Waals surface area (Å²) in [5.41, 5.74) is 13.3. The quantitative estimate of drug-likeness (QED) is 0.0767. The number of benzene rings is 2. The first-order valence-electron chi connectivity index (χ1n) is 16.0. The molecule has 5 amide bonds. The van der Waals surface area contributed by atoms with Crippen molar-refractivity contribution in [2.24, 2.45) is 11.5 Å². The van der Waals surface area contributed by atoms with Gasteiger partial charge in [0.1, 0.15) is 55.4 Å². The molecule has 0 aliphatic carbocycles. The summed E-state index contributed by atoms with van der Waals surface area (Å²) in [6.07, 6.45) is 0.179. The van der Waals surface area contributed by atoms with Gasteiger partial charge in [0.25, 0.3) is 0 Å². The number of rotatable bonds is 14. The Bertz CT molecular complexity index is 1590. The van der Waals surface area contributed by atoms with Crippen molar-refractivity contribution in [1.82, 2.24) is 26.2 Å². The molecule has 0 spiro atoms. The van der Waals surface area contributed by atoms with E-state index in [1.54, 1.807) is 36.4 Å². The third kappa shape index (κ3) is 10.5. The molecule has 16 nitrogen and oxygen atoms in total. The Morgan fingerprint density at radius 2 is 1.70 bits per heavy atom. The van der Waals surface area contributed by atoms with Gasteiger partial charge in [0.05, 0.1) is 6.07 Å². The Morgan fingerprint density at radius 3 is 2.30 bits per heavy atom. The van der Waals surface area contributed by atoms with E-state index in [0.29, 0.717) is 33.8 Å². The highest BCUT2D eigenvalue weighted by molar-refractivity contribution is 6.63. The minimum atomic E-state index is -1.38. The zero-order chi connectivity index (χ0) is 36.8. The molecule has 270 valence electrons. The lowest BCUT2D eigenvalue weighted by Crippen LogP contribution is -2.55. The number of nitriles is 1. The van der Waals surface area contributed by atoms with E-state index in [0.717, 1.165) is 4.90 Å². The number of nitrogens with two attached hydrogens (primary N) is 2. The molecule has 17 heteroatoms. The molecule has 3 rings (SSSR count). The van der Waals surface area contributed by atoms with Crippen molar-refractivity contribution in [2.45, 2.75) is 50.4 Å². The molecule has 0 saturated heterocycles. The Kier molecular flexibility index (Phi) is 15.2. The van der Waals surface area contributed by atoms with Crippen molar-refractivity contribution in [3.63, 3.8) is 0 Å². The fraction of sp³-hybridized carbons (Fsp3) is 0.455. The molecule has 4 bridgehead atoms. The second-order valence-corrected chi connectivity index (χ2v) is 11.8. The van der Waals surface area contributed by atoms with E-state index in [9.17, 15) is 29.1 Å². The zero-order valence-electron chi connectivity index (χ0n) is 27.9. The highest BCUT2D eigenvalue weighted by atomic mass is 35.5.